The van der Waals surface area contributed by atoms with E-state index in [1.54, 1.807) is 0 Å². The second-order valence-corrected chi connectivity index (χ2v) is 8.45. The van der Waals surface area contributed by atoms with Crippen LogP contribution in [-0.4, -0.2) is 40.2 Å². The number of hydrogen-bond acceptors (Lipinski definition) is 4. The van der Waals surface area contributed by atoms with E-state index in [-0.39, 0.29) is 11.8 Å². The summed E-state index contributed by atoms with van der Waals surface area (Å²) in [7, 11) is -2.28. The Balaban J connectivity index is 2.96. The van der Waals surface area contributed by atoms with Crippen molar-refractivity contribution >= 4 is 8.56 Å². The Hall–Kier alpha value is 0.0569. The minimum Gasteiger partial charge on any atom is -0.393 e. The highest BCUT2D eigenvalue weighted by Crippen LogP contribution is 2.37. The van der Waals surface area contributed by atoms with Gasteiger partial charge in [0.1, 0.15) is 5.73 Å². The minimum atomic E-state index is -2.28. The van der Waals surface area contributed by atoms with Gasteiger partial charge < -0.3 is 19.3 Å². The summed E-state index contributed by atoms with van der Waals surface area (Å²) in [5.41, 5.74) is 6.40. The number of hydrogen-bond donors (Lipinski definition) is 1. The zero-order chi connectivity index (χ0) is 14.3. The third-order valence-corrected chi connectivity index (χ3v) is 8.10. The van der Waals surface area contributed by atoms with Gasteiger partial charge in [-0.1, -0.05) is 13.3 Å². The van der Waals surface area contributed by atoms with Crippen LogP contribution in [0.5, 0.6) is 0 Å². The number of rotatable bonds is 8. The van der Waals surface area contributed by atoms with E-state index in [1.807, 2.05) is 20.8 Å². The summed E-state index contributed by atoms with van der Waals surface area (Å²) in [6.45, 7) is 10.4. The molecule has 3 unspecified atom stereocenters. The Kier molecular flexibility index (Phi) is 7.53. The van der Waals surface area contributed by atoms with Gasteiger partial charge in [0.15, 0.2) is 0 Å². The summed E-state index contributed by atoms with van der Waals surface area (Å²) in [5.74, 6) is 0.378. The smallest absolute Gasteiger partial charge is 0.368 e. The summed E-state index contributed by atoms with van der Waals surface area (Å²) >= 11 is 0. The van der Waals surface area contributed by atoms with Crippen LogP contribution >= 0.6 is 0 Å². The van der Waals surface area contributed by atoms with E-state index in [9.17, 15) is 0 Å². The normalized spacial score (nSPS) is 28.3. The van der Waals surface area contributed by atoms with Gasteiger partial charge >= 0.3 is 8.56 Å². The van der Waals surface area contributed by atoms with Crippen LogP contribution in [0.3, 0.4) is 0 Å². The van der Waals surface area contributed by atoms with Crippen LogP contribution in [0.25, 0.3) is 0 Å². The van der Waals surface area contributed by atoms with Crippen LogP contribution < -0.4 is 5.73 Å². The highest BCUT2D eigenvalue weighted by atomic mass is 28.4. The summed E-state index contributed by atoms with van der Waals surface area (Å²) in [6.07, 6.45) is 3.26. The third kappa shape index (κ3) is 4.01. The zero-order valence-corrected chi connectivity index (χ0v) is 14.0. The second kappa shape index (κ2) is 8.37. The van der Waals surface area contributed by atoms with Crippen LogP contribution in [-0.2, 0) is 13.6 Å². The average molecular weight is 289 g/mol. The van der Waals surface area contributed by atoms with Gasteiger partial charge in [0.25, 0.3) is 0 Å². The van der Waals surface area contributed by atoms with Gasteiger partial charge in [0.05, 0.1) is 0 Å². The van der Waals surface area contributed by atoms with Crippen molar-refractivity contribution in [3.63, 3.8) is 0 Å². The molecule has 5 heteroatoms. The summed E-state index contributed by atoms with van der Waals surface area (Å²) in [5, 5.41) is 0. The van der Waals surface area contributed by atoms with E-state index in [0.29, 0.717) is 25.7 Å². The quantitative estimate of drug-likeness (QED) is 0.698. The zero-order valence-electron chi connectivity index (χ0n) is 13.0. The van der Waals surface area contributed by atoms with E-state index >= 15 is 0 Å². The first-order chi connectivity index (χ1) is 9.15. The molecule has 1 heterocycles. The van der Waals surface area contributed by atoms with Crippen LogP contribution in [0.1, 0.15) is 47.0 Å². The Bertz CT molecular complexity index is 241. The first-order valence-electron chi connectivity index (χ1n) is 7.80. The molecule has 0 spiro atoms. The third-order valence-electron chi connectivity index (χ3n) is 4.03. The van der Waals surface area contributed by atoms with Crippen molar-refractivity contribution in [1.29, 1.82) is 0 Å². The molecule has 0 aliphatic carbocycles. The van der Waals surface area contributed by atoms with Gasteiger partial charge in [-0.05, 0) is 39.7 Å². The van der Waals surface area contributed by atoms with Crippen molar-refractivity contribution in [2.75, 3.05) is 19.8 Å². The van der Waals surface area contributed by atoms with Gasteiger partial charge in [-0.3, -0.25) is 0 Å². The van der Waals surface area contributed by atoms with Gasteiger partial charge in [0.2, 0.25) is 0 Å². The van der Waals surface area contributed by atoms with E-state index in [2.05, 4.69) is 6.92 Å². The van der Waals surface area contributed by atoms with Crippen molar-refractivity contribution in [3.05, 3.63) is 0 Å². The van der Waals surface area contributed by atoms with Crippen LogP contribution in [0.15, 0.2) is 0 Å². The Morgan fingerprint density at radius 1 is 1.11 bits per heavy atom. The van der Waals surface area contributed by atoms with Crippen LogP contribution in [0.4, 0.5) is 0 Å². The molecule has 114 valence electrons. The first-order valence-corrected chi connectivity index (χ1v) is 9.90. The topological polar surface area (TPSA) is 53.7 Å². The summed E-state index contributed by atoms with van der Waals surface area (Å²) in [6, 6.07) is 1.22. The maximum absolute atomic E-state index is 6.31. The lowest BCUT2D eigenvalue weighted by Gasteiger charge is -2.45. The molecule has 0 saturated carbocycles. The molecule has 0 aromatic carbocycles. The Morgan fingerprint density at radius 3 is 2.21 bits per heavy atom. The molecular weight excluding hydrogens is 258 g/mol. The molecule has 19 heavy (non-hydrogen) atoms. The predicted molar refractivity (Wildman–Crippen MR) is 80.2 cm³/mol. The molecule has 4 nitrogen and oxygen atoms in total. The molecule has 1 aliphatic rings. The van der Waals surface area contributed by atoms with E-state index in [1.165, 1.54) is 0 Å². The molecule has 1 saturated heterocycles. The first kappa shape index (κ1) is 17.1. The monoisotopic (exact) mass is 289 g/mol. The molecule has 0 aromatic heterocycles. The van der Waals surface area contributed by atoms with Gasteiger partial charge in [-0.15, -0.1) is 0 Å². The molecule has 0 bridgehead atoms. The highest BCUT2D eigenvalue weighted by molar-refractivity contribution is 6.69. The SMILES string of the molecule is CCOC1C(C(N)CC)CCC[Si]1(OCC)OCC. The Morgan fingerprint density at radius 2 is 1.74 bits per heavy atom. The molecular formula is C14H31NO3Si. The number of nitrogens with two attached hydrogens (primary N) is 1. The van der Waals surface area contributed by atoms with Crippen molar-refractivity contribution in [2.45, 2.75) is 64.8 Å². The fourth-order valence-corrected chi connectivity index (χ4v) is 7.36. The van der Waals surface area contributed by atoms with Crippen molar-refractivity contribution in [1.82, 2.24) is 0 Å². The molecule has 0 radical (unpaired) electrons. The second-order valence-electron chi connectivity index (χ2n) is 5.18. The summed E-state index contributed by atoms with van der Waals surface area (Å²) in [4.78, 5) is 0. The van der Waals surface area contributed by atoms with E-state index in [4.69, 9.17) is 19.3 Å². The van der Waals surface area contributed by atoms with E-state index < -0.39 is 8.56 Å². The molecule has 1 fully saturated rings. The van der Waals surface area contributed by atoms with Crippen LogP contribution in [0.2, 0.25) is 6.04 Å². The standard InChI is InChI=1S/C14H31NO3Si/c1-5-13(15)12-10-9-11-19(17-7-3,18-8-4)14(12)16-6-2/h12-14H,5-11,15H2,1-4H3. The maximum Gasteiger partial charge on any atom is 0.368 e. The van der Waals surface area contributed by atoms with Crippen molar-refractivity contribution in [3.8, 4) is 0 Å². The van der Waals surface area contributed by atoms with Crippen molar-refractivity contribution < 1.29 is 13.6 Å². The molecule has 0 aromatic rings. The largest absolute Gasteiger partial charge is 0.393 e. The van der Waals surface area contributed by atoms with Crippen molar-refractivity contribution in [2.24, 2.45) is 11.7 Å². The lowest BCUT2D eigenvalue weighted by Crippen LogP contribution is -2.62. The van der Waals surface area contributed by atoms with E-state index in [0.717, 1.165) is 25.3 Å². The minimum absolute atomic E-state index is 0.0844. The molecule has 2 N–H and O–H groups in total. The van der Waals surface area contributed by atoms with Gasteiger partial charge in [-0.2, -0.15) is 0 Å². The number of ether oxygens (including phenoxy) is 1. The molecule has 1 rings (SSSR count). The summed E-state index contributed by atoms with van der Waals surface area (Å²) < 4.78 is 18.3. The Labute approximate surface area is 119 Å². The van der Waals surface area contributed by atoms with Crippen LogP contribution in [0, 0.1) is 5.92 Å². The fraction of sp³-hybridized carbons (Fsp3) is 1.00. The van der Waals surface area contributed by atoms with Gasteiger partial charge in [-0.25, -0.2) is 0 Å². The molecule has 3 atom stereocenters. The molecule has 1 aliphatic heterocycles. The maximum atomic E-state index is 6.31. The lowest BCUT2D eigenvalue weighted by atomic mass is 9.93. The lowest BCUT2D eigenvalue weighted by molar-refractivity contribution is 0.000891. The fourth-order valence-electron chi connectivity index (χ4n) is 3.21. The predicted octanol–water partition coefficient (Wildman–Crippen LogP) is 2.59. The molecule has 0 amide bonds. The average Bonchev–Trinajstić information content (AvgIpc) is 2.41. The van der Waals surface area contributed by atoms with Gasteiger partial charge in [0, 0.05) is 31.8 Å². The highest BCUT2D eigenvalue weighted by Gasteiger charge is 2.53.